The van der Waals surface area contributed by atoms with Crippen molar-refractivity contribution in [3.63, 3.8) is 0 Å². The molecule has 0 saturated carbocycles. The van der Waals surface area contributed by atoms with Gasteiger partial charge in [0, 0.05) is 6.42 Å². The van der Waals surface area contributed by atoms with E-state index in [1.165, 1.54) is 70.6 Å². The van der Waals surface area contributed by atoms with Crippen molar-refractivity contribution >= 4 is 5.91 Å². The largest absolute Gasteiger partial charge is 0.394 e. The molecule has 1 amide bonds. The quantitative estimate of drug-likeness (QED) is 0.0204. The highest BCUT2D eigenvalue weighted by Crippen LogP contribution is 2.30. The Labute approximate surface area is 513 Å². The molecule has 2 rings (SSSR count). The number of carbonyl (C=O) groups excluding carboxylic acids is 1. The van der Waals surface area contributed by atoms with Crippen LogP contribution >= 0.6 is 0 Å². The molecule has 14 nitrogen and oxygen atoms in total. The Morgan fingerprint density at radius 3 is 1.25 bits per heavy atom. The summed E-state index contributed by atoms with van der Waals surface area (Å²) < 4.78 is 22.8. The Kier molecular flexibility index (Phi) is 49.3. The molecule has 484 valence electrons. The summed E-state index contributed by atoms with van der Waals surface area (Å²) >= 11 is 0. The van der Waals surface area contributed by atoms with E-state index in [1.807, 2.05) is 6.08 Å². The first kappa shape index (κ1) is 77.2. The predicted octanol–water partition coefficient (Wildman–Crippen LogP) is 12.7. The van der Waals surface area contributed by atoms with Gasteiger partial charge in [-0.05, 0) is 96.3 Å². The maximum absolute atomic E-state index is 13.3. The molecule has 2 saturated heterocycles. The van der Waals surface area contributed by atoms with E-state index in [-0.39, 0.29) is 18.9 Å². The third-order valence-electron chi connectivity index (χ3n) is 15.1. The monoisotopic (exact) mass is 1190 g/mol. The Morgan fingerprint density at radius 2 is 0.812 bits per heavy atom. The summed E-state index contributed by atoms with van der Waals surface area (Å²) in [5.74, 6) is -0.255. The Hall–Kier alpha value is -3.87. The number of aliphatic hydroxyl groups excluding tert-OH is 8. The number of hydrogen-bond donors (Lipinski definition) is 9. The summed E-state index contributed by atoms with van der Waals surface area (Å²) in [6.45, 7) is 2.65. The maximum atomic E-state index is 13.3. The lowest BCUT2D eigenvalue weighted by Gasteiger charge is -2.46. The normalized spacial score (nSPS) is 24.4. The number of carbonyl (C=O) groups is 1. The number of ether oxygens (including phenoxy) is 4. The van der Waals surface area contributed by atoms with Crippen LogP contribution in [0.5, 0.6) is 0 Å². The molecule has 0 aliphatic carbocycles. The second-order valence-electron chi connectivity index (χ2n) is 22.5. The van der Waals surface area contributed by atoms with Crippen LogP contribution in [0, 0.1) is 0 Å². The van der Waals surface area contributed by atoms with Crippen LogP contribution in [0.15, 0.2) is 134 Å². The molecule has 12 atom stereocenters. The summed E-state index contributed by atoms with van der Waals surface area (Å²) in [5, 5.41) is 87.1. The molecule has 2 heterocycles. The molecule has 0 aromatic heterocycles. The minimum absolute atomic E-state index is 0.255. The maximum Gasteiger partial charge on any atom is 0.220 e. The van der Waals surface area contributed by atoms with Crippen LogP contribution in [-0.2, 0) is 23.7 Å². The van der Waals surface area contributed by atoms with Crippen molar-refractivity contribution in [2.45, 2.75) is 286 Å². The average Bonchev–Trinajstić information content (AvgIpc) is 3.60. The Balaban J connectivity index is 1.63. The highest BCUT2D eigenvalue weighted by molar-refractivity contribution is 5.76. The third kappa shape index (κ3) is 38.9. The van der Waals surface area contributed by atoms with Gasteiger partial charge in [-0.25, -0.2) is 0 Å². The fourth-order valence-corrected chi connectivity index (χ4v) is 9.85. The summed E-state index contributed by atoms with van der Waals surface area (Å²) in [6, 6.07) is -0.927. The molecule has 0 radical (unpaired) electrons. The average molecular weight is 1190 g/mol. The number of allylic oxidation sites excluding steroid dienone is 21. The summed E-state index contributed by atoms with van der Waals surface area (Å²) in [4.78, 5) is 13.3. The van der Waals surface area contributed by atoms with Gasteiger partial charge in [-0.15, -0.1) is 0 Å². The van der Waals surface area contributed by atoms with Gasteiger partial charge in [0.1, 0.15) is 48.8 Å². The lowest BCUT2D eigenvalue weighted by Crippen LogP contribution is -2.65. The topological polar surface area (TPSA) is 228 Å². The summed E-state index contributed by atoms with van der Waals surface area (Å²) in [7, 11) is 0. The fraction of sp³-hybridized carbons (Fsp3) is 0.676. The Morgan fingerprint density at radius 1 is 0.435 bits per heavy atom. The van der Waals surface area contributed by atoms with Crippen molar-refractivity contribution in [2.24, 2.45) is 0 Å². The minimum Gasteiger partial charge on any atom is -0.394 e. The number of hydrogen-bond acceptors (Lipinski definition) is 13. The zero-order chi connectivity index (χ0) is 61.6. The van der Waals surface area contributed by atoms with Crippen molar-refractivity contribution in [3.05, 3.63) is 134 Å². The van der Waals surface area contributed by atoms with Gasteiger partial charge in [-0.1, -0.05) is 244 Å². The molecule has 2 aliphatic heterocycles. The zero-order valence-corrected chi connectivity index (χ0v) is 52.3. The molecule has 2 aliphatic rings. The summed E-state index contributed by atoms with van der Waals surface area (Å²) in [6.07, 6.45) is 63.6. The number of amides is 1. The minimum atomic E-state index is -1.79. The molecule has 2 fully saturated rings. The molecule has 85 heavy (non-hydrogen) atoms. The number of unbranched alkanes of at least 4 members (excludes halogenated alkanes) is 18. The molecule has 0 aromatic carbocycles. The van der Waals surface area contributed by atoms with Crippen molar-refractivity contribution < 1.29 is 64.6 Å². The second-order valence-corrected chi connectivity index (χ2v) is 22.5. The molecular weight excluding hydrogens is 1070 g/mol. The van der Waals surface area contributed by atoms with E-state index in [2.05, 4.69) is 141 Å². The van der Waals surface area contributed by atoms with Crippen LogP contribution in [0.25, 0.3) is 0 Å². The molecule has 0 bridgehead atoms. The fourth-order valence-electron chi connectivity index (χ4n) is 9.85. The molecule has 0 spiro atoms. The van der Waals surface area contributed by atoms with E-state index in [0.29, 0.717) is 6.42 Å². The van der Waals surface area contributed by atoms with Crippen LogP contribution in [0.2, 0.25) is 0 Å². The third-order valence-corrected chi connectivity index (χ3v) is 15.1. The molecule has 9 N–H and O–H groups in total. The van der Waals surface area contributed by atoms with Gasteiger partial charge in [0.2, 0.25) is 5.91 Å². The van der Waals surface area contributed by atoms with Gasteiger partial charge in [0.05, 0.1) is 32.0 Å². The van der Waals surface area contributed by atoms with Crippen LogP contribution in [0.1, 0.15) is 213 Å². The SMILES string of the molecule is CC/C=C\C/C=C\C/C=C\C/C=C\C/C=C\C/C=C\C/C=C\C/C=C\C/C=C\C/C=C\CCCCCCCCCCC(=O)NC(COC1OC(CO)C(OC2OC(CO)C(O)C(O)C2O)C(O)C1O)C(O)/C=C/CCCCCCCCCCCC. The van der Waals surface area contributed by atoms with E-state index < -0.39 is 86.8 Å². The first-order chi connectivity index (χ1) is 41.6. The van der Waals surface area contributed by atoms with Crippen molar-refractivity contribution in [1.29, 1.82) is 0 Å². The highest BCUT2D eigenvalue weighted by Gasteiger charge is 2.51. The van der Waals surface area contributed by atoms with E-state index in [1.54, 1.807) is 6.08 Å². The van der Waals surface area contributed by atoms with Crippen molar-refractivity contribution in [2.75, 3.05) is 19.8 Å². The number of aliphatic hydroxyl groups is 8. The zero-order valence-electron chi connectivity index (χ0n) is 52.3. The number of nitrogens with one attached hydrogen (secondary N) is 1. The lowest BCUT2D eigenvalue weighted by atomic mass is 9.97. The highest BCUT2D eigenvalue weighted by atomic mass is 16.7. The van der Waals surface area contributed by atoms with Gasteiger partial charge in [0.15, 0.2) is 12.6 Å². The van der Waals surface area contributed by atoms with E-state index in [0.717, 1.165) is 116 Å². The first-order valence-electron chi connectivity index (χ1n) is 32.9. The molecule has 14 heteroatoms. The van der Waals surface area contributed by atoms with Crippen LogP contribution < -0.4 is 5.32 Å². The standard InChI is InChI=1S/C71H117NO13/c1-3-5-7-9-11-13-15-17-18-19-20-21-22-23-24-25-26-27-28-29-30-31-32-33-34-35-36-37-38-39-40-41-42-43-45-47-49-51-53-55-63(76)72-59(60(75)54-52-50-48-46-44-16-14-12-10-8-6-4-2)58-82-70-68(81)66(79)69(62(57-74)84-70)85-71-67(80)65(78)64(77)61(56-73)83-71/h5,7,11,13,17-18,20-21,23-24,26-27,29-30,32-33,35-36,38-39,52,54,59-62,64-71,73-75,77-81H,3-4,6,8-10,12,14-16,19,22,25,28,31,34,37,40-51,53,55-58H2,1-2H3,(H,72,76)/b7-5-,13-11-,18-17-,21-20-,24-23-,27-26-,30-29-,33-32-,36-35-,39-38-,54-52+. The van der Waals surface area contributed by atoms with E-state index in [4.69, 9.17) is 18.9 Å². The molecule has 0 aromatic rings. The van der Waals surface area contributed by atoms with Crippen LogP contribution in [0.4, 0.5) is 0 Å². The summed E-state index contributed by atoms with van der Waals surface area (Å²) in [5.41, 5.74) is 0. The van der Waals surface area contributed by atoms with Crippen LogP contribution in [-0.4, -0.2) is 140 Å². The van der Waals surface area contributed by atoms with E-state index >= 15 is 0 Å². The van der Waals surface area contributed by atoms with Gasteiger partial charge in [-0.3, -0.25) is 4.79 Å². The second kappa shape index (κ2) is 54.3. The van der Waals surface area contributed by atoms with Gasteiger partial charge >= 0.3 is 0 Å². The van der Waals surface area contributed by atoms with Gasteiger partial charge in [-0.2, -0.15) is 0 Å². The molecular formula is C71H117NO13. The lowest BCUT2D eigenvalue weighted by molar-refractivity contribution is -0.359. The van der Waals surface area contributed by atoms with Crippen molar-refractivity contribution in [3.8, 4) is 0 Å². The first-order valence-corrected chi connectivity index (χ1v) is 32.9. The van der Waals surface area contributed by atoms with Crippen LogP contribution in [0.3, 0.4) is 0 Å². The van der Waals surface area contributed by atoms with Gasteiger partial charge < -0.3 is 65.1 Å². The van der Waals surface area contributed by atoms with E-state index in [9.17, 15) is 45.6 Å². The Bertz CT molecular complexity index is 1940. The predicted molar refractivity (Wildman–Crippen MR) is 345 cm³/mol. The smallest absolute Gasteiger partial charge is 0.220 e. The number of rotatable bonds is 51. The molecule has 12 unspecified atom stereocenters. The van der Waals surface area contributed by atoms with Crippen molar-refractivity contribution in [1.82, 2.24) is 5.32 Å². The van der Waals surface area contributed by atoms with Gasteiger partial charge in [0.25, 0.3) is 0 Å².